The van der Waals surface area contributed by atoms with Crippen LogP contribution in [0.3, 0.4) is 0 Å². The van der Waals surface area contributed by atoms with E-state index in [1.807, 2.05) is 62.4 Å². The number of nitrogens with one attached hydrogen (secondary N) is 2. The average Bonchev–Trinajstić information content (AvgIpc) is 2.77. The number of nitrogens with zero attached hydrogens (tertiary/aromatic N) is 1. The smallest absolute Gasteiger partial charge is 0.317 e. The lowest BCUT2D eigenvalue weighted by Gasteiger charge is -2.38. The molecule has 1 fully saturated rings. The van der Waals surface area contributed by atoms with E-state index in [-0.39, 0.29) is 11.9 Å². The quantitative estimate of drug-likeness (QED) is 0.765. The van der Waals surface area contributed by atoms with Gasteiger partial charge in [0.15, 0.2) is 0 Å². The molecule has 0 aliphatic carbocycles. The molecule has 30 heavy (non-hydrogen) atoms. The predicted octanol–water partition coefficient (Wildman–Crippen LogP) is 3.63. The average molecular weight is 410 g/mol. The van der Waals surface area contributed by atoms with Gasteiger partial charge in [-0.15, -0.1) is 0 Å². The number of methoxy groups -OCH3 is 1. The number of hydrogen-bond donors (Lipinski definition) is 2. The van der Waals surface area contributed by atoms with Gasteiger partial charge in [0.1, 0.15) is 5.75 Å². The summed E-state index contributed by atoms with van der Waals surface area (Å²) in [7, 11) is 1.63. The molecule has 0 radical (unpaired) electrons. The zero-order chi connectivity index (χ0) is 21.6. The van der Waals surface area contributed by atoms with Crippen molar-refractivity contribution in [1.82, 2.24) is 15.5 Å². The van der Waals surface area contributed by atoms with Crippen LogP contribution in [0.2, 0.25) is 0 Å². The van der Waals surface area contributed by atoms with Gasteiger partial charge in [0, 0.05) is 31.6 Å². The van der Waals surface area contributed by atoms with Gasteiger partial charge in [-0.2, -0.15) is 0 Å². The van der Waals surface area contributed by atoms with Crippen LogP contribution >= 0.6 is 0 Å². The highest BCUT2D eigenvalue weighted by atomic mass is 16.5. The molecular formula is C24H31N3O3. The number of rotatable bonds is 6. The van der Waals surface area contributed by atoms with Crippen LogP contribution in [0.15, 0.2) is 48.5 Å². The lowest BCUT2D eigenvalue weighted by molar-refractivity contribution is -0.132. The first-order valence-electron chi connectivity index (χ1n) is 10.4. The molecule has 3 amide bonds. The van der Waals surface area contributed by atoms with Crippen LogP contribution in [0.25, 0.3) is 0 Å². The predicted molar refractivity (Wildman–Crippen MR) is 117 cm³/mol. The van der Waals surface area contributed by atoms with Crippen LogP contribution in [0.5, 0.6) is 5.75 Å². The van der Waals surface area contributed by atoms with Crippen LogP contribution in [-0.2, 0) is 17.9 Å². The Balaban J connectivity index is 1.46. The summed E-state index contributed by atoms with van der Waals surface area (Å²) in [6.45, 7) is 6.14. The van der Waals surface area contributed by atoms with Crippen molar-refractivity contribution in [2.45, 2.75) is 39.8 Å². The Morgan fingerprint density at radius 1 is 1.00 bits per heavy atom. The normalized spacial score (nSPS) is 15.4. The van der Waals surface area contributed by atoms with Crippen LogP contribution < -0.4 is 15.4 Å². The molecule has 0 atom stereocenters. The van der Waals surface area contributed by atoms with E-state index in [4.69, 9.17) is 4.74 Å². The van der Waals surface area contributed by atoms with Gasteiger partial charge in [-0.3, -0.25) is 4.79 Å². The van der Waals surface area contributed by atoms with Crippen molar-refractivity contribution in [3.8, 4) is 5.75 Å². The fourth-order valence-electron chi connectivity index (χ4n) is 3.60. The summed E-state index contributed by atoms with van der Waals surface area (Å²) >= 11 is 0. The molecular weight excluding hydrogens is 378 g/mol. The zero-order valence-corrected chi connectivity index (χ0v) is 18.0. The van der Waals surface area contributed by atoms with Gasteiger partial charge in [-0.05, 0) is 43.0 Å². The summed E-state index contributed by atoms with van der Waals surface area (Å²) in [6.07, 6.45) is 1.30. The number of piperidine rings is 1. The van der Waals surface area contributed by atoms with E-state index in [1.165, 1.54) is 5.56 Å². The molecule has 0 aromatic heterocycles. The molecule has 1 aliphatic rings. The van der Waals surface area contributed by atoms with Crippen molar-refractivity contribution in [3.63, 3.8) is 0 Å². The number of carbonyl (C=O) groups excluding carboxylic acids is 2. The Kier molecular flexibility index (Phi) is 6.98. The molecule has 0 spiro atoms. The molecule has 0 unspecified atom stereocenters. The number of hydrogen-bond acceptors (Lipinski definition) is 3. The minimum absolute atomic E-state index is 0.0324. The van der Waals surface area contributed by atoms with Gasteiger partial charge < -0.3 is 20.3 Å². The van der Waals surface area contributed by atoms with E-state index >= 15 is 0 Å². The summed E-state index contributed by atoms with van der Waals surface area (Å²) < 4.78 is 5.23. The summed E-state index contributed by atoms with van der Waals surface area (Å²) in [5.74, 6) is 0.808. The van der Waals surface area contributed by atoms with E-state index < -0.39 is 5.41 Å². The Morgan fingerprint density at radius 3 is 2.33 bits per heavy atom. The van der Waals surface area contributed by atoms with Gasteiger partial charge in [-0.1, -0.05) is 48.9 Å². The molecule has 0 saturated carbocycles. The fraction of sp³-hybridized carbons (Fsp3) is 0.417. The minimum atomic E-state index is -0.466. The maximum atomic E-state index is 12.8. The fourth-order valence-corrected chi connectivity index (χ4v) is 3.60. The zero-order valence-electron chi connectivity index (χ0n) is 18.0. The minimum Gasteiger partial charge on any atom is -0.497 e. The van der Waals surface area contributed by atoms with Crippen molar-refractivity contribution >= 4 is 11.9 Å². The number of carbonyl (C=O) groups is 2. The number of ether oxygens (including phenoxy) is 1. The summed E-state index contributed by atoms with van der Waals surface area (Å²) in [6, 6.07) is 15.7. The molecule has 1 aliphatic heterocycles. The second kappa shape index (κ2) is 9.65. The Bertz CT molecular complexity index is 872. The number of amides is 3. The molecule has 160 valence electrons. The summed E-state index contributed by atoms with van der Waals surface area (Å²) in [5.41, 5.74) is 2.81. The second-order valence-corrected chi connectivity index (χ2v) is 8.23. The Labute approximate surface area is 178 Å². The van der Waals surface area contributed by atoms with Crippen LogP contribution in [-0.4, -0.2) is 37.0 Å². The maximum absolute atomic E-state index is 12.8. The van der Waals surface area contributed by atoms with Crippen molar-refractivity contribution in [3.05, 3.63) is 65.2 Å². The Hall–Kier alpha value is -3.02. The maximum Gasteiger partial charge on any atom is 0.317 e. The number of urea groups is 1. The first-order chi connectivity index (χ1) is 14.4. The molecule has 2 aromatic rings. The van der Waals surface area contributed by atoms with E-state index in [0.717, 1.165) is 16.9 Å². The molecule has 3 rings (SSSR count). The highest BCUT2D eigenvalue weighted by Crippen LogP contribution is 2.31. The van der Waals surface area contributed by atoms with E-state index in [1.54, 1.807) is 12.0 Å². The van der Waals surface area contributed by atoms with Crippen molar-refractivity contribution in [1.29, 1.82) is 0 Å². The number of benzene rings is 2. The van der Waals surface area contributed by atoms with Crippen LogP contribution in [0.1, 0.15) is 36.5 Å². The monoisotopic (exact) mass is 409 g/mol. The van der Waals surface area contributed by atoms with Gasteiger partial charge in [0.05, 0.1) is 7.11 Å². The van der Waals surface area contributed by atoms with Crippen LogP contribution in [0.4, 0.5) is 4.79 Å². The third kappa shape index (κ3) is 5.53. The third-order valence-electron chi connectivity index (χ3n) is 5.85. The van der Waals surface area contributed by atoms with Gasteiger partial charge in [-0.25, -0.2) is 4.79 Å². The first-order valence-corrected chi connectivity index (χ1v) is 10.4. The highest BCUT2D eigenvalue weighted by molar-refractivity contribution is 5.83. The van der Waals surface area contributed by atoms with E-state index in [2.05, 4.69) is 10.6 Å². The number of likely N-dealkylation sites (tertiary alicyclic amines) is 1. The lowest BCUT2D eigenvalue weighted by atomic mass is 9.79. The third-order valence-corrected chi connectivity index (χ3v) is 5.85. The summed E-state index contributed by atoms with van der Waals surface area (Å²) in [4.78, 5) is 27.1. The SMILES string of the molecule is COc1cccc(CNC(=O)C2(C)CCN(C(=O)NCc3ccc(C)cc3)CC2)c1. The molecule has 1 heterocycles. The molecule has 2 aromatic carbocycles. The highest BCUT2D eigenvalue weighted by Gasteiger charge is 2.37. The van der Waals surface area contributed by atoms with Gasteiger partial charge in [0.25, 0.3) is 0 Å². The molecule has 2 N–H and O–H groups in total. The van der Waals surface area contributed by atoms with Crippen molar-refractivity contribution in [2.24, 2.45) is 5.41 Å². The van der Waals surface area contributed by atoms with Gasteiger partial charge in [0.2, 0.25) is 5.91 Å². The number of aryl methyl sites for hydroxylation is 1. The largest absolute Gasteiger partial charge is 0.497 e. The van der Waals surface area contributed by atoms with Gasteiger partial charge >= 0.3 is 6.03 Å². The summed E-state index contributed by atoms with van der Waals surface area (Å²) in [5, 5.41) is 6.02. The second-order valence-electron chi connectivity index (χ2n) is 8.23. The van der Waals surface area contributed by atoms with Crippen molar-refractivity contribution < 1.29 is 14.3 Å². The van der Waals surface area contributed by atoms with Crippen molar-refractivity contribution in [2.75, 3.05) is 20.2 Å². The Morgan fingerprint density at radius 2 is 1.67 bits per heavy atom. The molecule has 6 nitrogen and oxygen atoms in total. The standard InChI is InChI=1S/C24H31N3O3/c1-18-7-9-19(10-8-18)16-26-23(29)27-13-11-24(2,12-14-27)22(28)25-17-20-5-4-6-21(15-20)30-3/h4-10,15H,11-14,16-17H2,1-3H3,(H,25,28)(H,26,29). The molecule has 0 bridgehead atoms. The van der Waals surface area contributed by atoms with E-state index in [0.29, 0.717) is 39.0 Å². The first kappa shape index (κ1) is 21.7. The van der Waals surface area contributed by atoms with Crippen LogP contribution in [0, 0.1) is 12.3 Å². The van der Waals surface area contributed by atoms with E-state index in [9.17, 15) is 9.59 Å². The topological polar surface area (TPSA) is 70.7 Å². The molecule has 6 heteroatoms. The lowest BCUT2D eigenvalue weighted by Crippen LogP contribution is -2.50. The molecule has 1 saturated heterocycles.